The number of carbonyl (C=O) groups excluding carboxylic acids is 1. The quantitative estimate of drug-likeness (QED) is 0.853. The topological polar surface area (TPSA) is 83.7 Å². The van der Waals surface area contributed by atoms with Crippen molar-refractivity contribution in [1.29, 1.82) is 0 Å². The molecule has 1 aromatic rings. The van der Waals surface area contributed by atoms with Crippen molar-refractivity contribution in [2.45, 2.75) is 38.0 Å². The van der Waals surface area contributed by atoms with E-state index in [1.807, 2.05) is 18.7 Å². The van der Waals surface area contributed by atoms with Gasteiger partial charge in [0.05, 0.1) is 4.90 Å². The fourth-order valence-electron chi connectivity index (χ4n) is 4.03. The Morgan fingerprint density at radius 2 is 1.92 bits per heavy atom. The lowest BCUT2D eigenvalue weighted by atomic mass is 9.94. The van der Waals surface area contributed by atoms with Crippen molar-refractivity contribution in [1.82, 2.24) is 9.21 Å². The monoisotopic (exact) mass is 385 g/mol. The molecule has 0 bridgehead atoms. The molecule has 6 nitrogen and oxygen atoms in total. The fraction of sp³-hybridized carbons (Fsp3) is 0.706. The summed E-state index contributed by atoms with van der Waals surface area (Å²) in [4.78, 5) is 16.8. The van der Waals surface area contributed by atoms with Crippen LogP contribution in [0.3, 0.4) is 0 Å². The van der Waals surface area contributed by atoms with Gasteiger partial charge in [0.25, 0.3) is 0 Å². The lowest BCUT2D eigenvalue weighted by Crippen LogP contribution is -2.52. The highest BCUT2D eigenvalue weighted by atomic mass is 32.2. The van der Waals surface area contributed by atoms with Crippen molar-refractivity contribution >= 4 is 27.3 Å². The predicted octanol–water partition coefficient (Wildman–Crippen LogP) is 1.57. The zero-order valence-electron chi connectivity index (χ0n) is 14.9. The Balaban J connectivity index is 1.65. The number of rotatable bonds is 4. The largest absolute Gasteiger partial charge is 0.340 e. The summed E-state index contributed by atoms with van der Waals surface area (Å²) in [7, 11) is -3.47. The number of hydrogen-bond donors (Lipinski definition) is 1. The van der Waals surface area contributed by atoms with Gasteiger partial charge in [0.1, 0.15) is 0 Å². The molecule has 2 fully saturated rings. The van der Waals surface area contributed by atoms with Gasteiger partial charge >= 0.3 is 0 Å². The number of nitrogens with two attached hydrogens (primary N) is 1. The molecule has 2 atom stereocenters. The molecule has 1 saturated carbocycles. The SMILES string of the molecule is Cc1cc(S(=O)(=O)N2CCN(C(=O)[C@@H]3CCC[C@@H]3CN)CC2)c(C)s1. The van der Waals surface area contributed by atoms with Gasteiger partial charge in [0.2, 0.25) is 15.9 Å². The van der Waals surface area contributed by atoms with Crippen molar-refractivity contribution in [3.8, 4) is 0 Å². The van der Waals surface area contributed by atoms with Crippen LogP contribution in [-0.2, 0) is 14.8 Å². The van der Waals surface area contributed by atoms with E-state index in [1.54, 1.807) is 6.07 Å². The molecule has 3 rings (SSSR count). The Morgan fingerprint density at radius 1 is 1.24 bits per heavy atom. The van der Waals surface area contributed by atoms with Gasteiger partial charge < -0.3 is 10.6 Å². The minimum Gasteiger partial charge on any atom is -0.340 e. The Morgan fingerprint density at radius 3 is 2.48 bits per heavy atom. The Bertz CT molecular complexity index is 736. The van der Waals surface area contributed by atoms with E-state index in [0.717, 1.165) is 29.0 Å². The third-order valence-corrected chi connectivity index (χ3v) is 8.56. The first-order valence-electron chi connectivity index (χ1n) is 8.90. The summed E-state index contributed by atoms with van der Waals surface area (Å²) < 4.78 is 27.2. The second-order valence-corrected chi connectivity index (χ2v) is 10.4. The number of thiophene rings is 1. The van der Waals surface area contributed by atoms with Crippen molar-refractivity contribution in [3.05, 3.63) is 15.8 Å². The number of nitrogens with zero attached hydrogens (tertiary/aromatic N) is 2. The van der Waals surface area contributed by atoms with Crippen LogP contribution in [0.2, 0.25) is 0 Å². The third-order valence-electron chi connectivity index (χ3n) is 5.44. The van der Waals surface area contributed by atoms with E-state index in [2.05, 4.69) is 0 Å². The molecule has 140 valence electrons. The maximum absolute atomic E-state index is 12.9. The zero-order chi connectivity index (χ0) is 18.2. The molecule has 2 N–H and O–H groups in total. The molecule has 2 heterocycles. The molecule has 0 aromatic carbocycles. The van der Waals surface area contributed by atoms with E-state index in [1.165, 1.54) is 15.6 Å². The second-order valence-electron chi connectivity index (χ2n) is 7.04. The highest BCUT2D eigenvalue weighted by Crippen LogP contribution is 2.33. The van der Waals surface area contributed by atoms with Crippen molar-refractivity contribution in [2.75, 3.05) is 32.7 Å². The second kappa shape index (κ2) is 7.34. The maximum atomic E-state index is 12.9. The third kappa shape index (κ3) is 3.63. The number of amides is 1. The molecule has 0 spiro atoms. The van der Waals surface area contributed by atoms with Crippen molar-refractivity contribution in [2.24, 2.45) is 17.6 Å². The van der Waals surface area contributed by atoms with Gasteiger partial charge in [0, 0.05) is 41.9 Å². The average Bonchev–Trinajstić information content (AvgIpc) is 3.20. The first-order valence-corrected chi connectivity index (χ1v) is 11.2. The van der Waals surface area contributed by atoms with Crippen LogP contribution in [0.1, 0.15) is 29.0 Å². The number of sulfonamides is 1. The Kier molecular flexibility index (Phi) is 5.53. The van der Waals surface area contributed by atoms with E-state index < -0.39 is 10.0 Å². The molecule has 1 aliphatic heterocycles. The van der Waals surface area contributed by atoms with E-state index in [4.69, 9.17) is 5.73 Å². The molecule has 25 heavy (non-hydrogen) atoms. The first kappa shape index (κ1) is 18.8. The maximum Gasteiger partial charge on any atom is 0.244 e. The van der Waals surface area contributed by atoms with Crippen LogP contribution in [-0.4, -0.2) is 56.3 Å². The Hall–Kier alpha value is -0.960. The van der Waals surface area contributed by atoms with Crippen LogP contribution < -0.4 is 5.73 Å². The summed E-state index contributed by atoms with van der Waals surface area (Å²) in [6.45, 7) is 5.98. The minimum atomic E-state index is -3.47. The minimum absolute atomic E-state index is 0.0231. The number of piperazine rings is 1. The Labute approximate surface area is 154 Å². The normalized spacial score (nSPS) is 25.5. The number of aryl methyl sites for hydroxylation is 2. The summed E-state index contributed by atoms with van der Waals surface area (Å²) in [6.07, 6.45) is 2.99. The lowest BCUT2D eigenvalue weighted by molar-refractivity contribution is -0.137. The van der Waals surface area contributed by atoms with Gasteiger partial charge in [-0.15, -0.1) is 11.3 Å². The van der Waals surface area contributed by atoms with E-state index in [0.29, 0.717) is 37.6 Å². The number of hydrogen-bond acceptors (Lipinski definition) is 5. The van der Waals surface area contributed by atoms with Gasteiger partial charge in [-0.05, 0) is 45.2 Å². The van der Waals surface area contributed by atoms with Crippen LogP contribution >= 0.6 is 11.3 Å². The van der Waals surface area contributed by atoms with Gasteiger partial charge in [-0.2, -0.15) is 4.31 Å². The molecule has 0 radical (unpaired) electrons. The van der Waals surface area contributed by atoms with Gasteiger partial charge in [-0.1, -0.05) is 6.42 Å². The van der Waals surface area contributed by atoms with Gasteiger partial charge in [0.15, 0.2) is 0 Å². The number of carbonyl (C=O) groups is 1. The summed E-state index contributed by atoms with van der Waals surface area (Å²) in [5.74, 6) is 0.466. The fourth-order valence-corrected chi connectivity index (χ4v) is 6.98. The summed E-state index contributed by atoms with van der Waals surface area (Å²) in [5, 5.41) is 0. The molecule has 2 aliphatic rings. The average molecular weight is 386 g/mol. The lowest BCUT2D eigenvalue weighted by Gasteiger charge is -2.36. The van der Waals surface area contributed by atoms with Crippen LogP contribution in [0.5, 0.6) is 0 Å². The van der Waals surface area contributed by atoms with E-state index in [-0.39, 0.29) is 17.7 Å². The molecule has 1 saturated heterocycles. The first-order chi connectivity index (χ1) is 11.8. The van der Waals surface area contributed by atoms with E-state index in [9.17, 15) is 13.2 Å². The van der Waals surface area contributed by atoms with Gasteiger partial charge in [-0.25, -0.2) is 8.42 Å². The zero-order valence-corrected chi connectivity index (χ0v) is 16.5. The molecule has 1 aromatic heterocycles. The summed E-state index contributed by atoms with van der Waals surface area (Å²) in [6, 6.07) is 1.75. The summed E-state index contributed by atoms with van der Waals surface area (Å²) in [5.41, 5.74) is 5.79. The smallest absolute Gasteiger partial charge is 0.244 e. The van der Waals surface area contributed by atoms with Crippen LogP contribution in [0, 0.1) is 25.7 Å². The molecular formula is C17H27N3O3S2. The van der Waals surface area contributed by atoms with E-state index >= 15 is 0 Å². The predicted molar refractivity (Wildman–Crippen MR) is 99.0 cm³/mol. The molecule has 1 aliphatic carbocycles. The van der Waals surface area contributed by atoms with Crippen LogP contribution in [0.25, 0.3) is 0 Å². The highest BCUT2D eigenvalue weighted by molar-refractivity contribution is 7.89. The van der Waals surface area contributed by atoms with Crippen molar-refractivity contribution in [3.63, 3.8) is 0 Å². The van der Waals surface area contributed by atoms with Crippen LogP contribution in [0.15, 0.2) is 11.0 Å². The molecule has 8 heteroatoms. The summed E-state index contributed by atoms with van der Waals surface area (Å²) >= 11 is 1.50. The molecule has 1 amide bonds. The van der Waals surface area contributed by atoms with Crippen LogP contribution in [0.4, 0.5) is 0 Å². The van der Waals surface area contributed by atoms with Crippen molar-refractivity contribution < 1.29 is 13.2 Å². The molecular weight excluding hydrogens is 358 g/mol. The highest BCUT2D eigenvalue weighted by Gasteiger charge is 2.37. The molecule has 0 unspecified atom stereocenters. The standard InChI is InChI=1S/C17H27N3O3S2/c1-12-10-16(13(2)24-12)25(22,23)20-8-6-19(7-9-20)17(21)15-5-3-4-14(15)11-18/h10,14-15H,3-9,11,18H2,1-2H3/t14-,15-/m1/s1. The van der Waals surface area contributed by atoms with Gasteiger partial charge in [-0.3, -0.25) is 4.79 Å².